The molecule has 0 aliphatic carbocycles. The molecule has 0 saturated carbocycles. The van der Waals surface area contributed by atoms with Crippen LogP contribution in [-0.4, -0.2) is 36.9 Å². The zero-order valence-corrected chi connectivity index (χ0v) is 9.89. The molecule has 0 amide bonds. The van der Waals surface area contributed by atoms with E-state index in [4.69, 9.17) is 10.8 Å². The van der Waals surface area contributed by atoms with Crippen LogP contribution >= 0.6 is 0 Å². The zero-order valence-electron chi connectivity index (χ0n) is 9.89. The highest BCUT2D eigenvalue weighted by molar-refractivity contribution is 5.74. The lowest BCUT2D eigenvalue weighted by Crippen LogP contribution is -2.32. The van der Waals surface area contributed by atoms with Gasteiger partial charge < -0.3 is 25.6 Å². The number of phenols is 2. The lowest BCUT2D eigenvalue weighted by atomic mass is 10.0. The van der Waals surface area contributed by atoms with Gasteiger partial charge in [0.15, 0.2) is 0 Å². The average Bonchev–Trinajstić information content (AvgIpc) is 2.85. The molecule has 0 aliphatic heterocycles. The van der Waals surface area contributed by atoms with Crippen LogP contribution in [0, 0.1) is 0 Å². The topological polar surface area (TPSA) is 122 Å². The maximum Gasteiger partial charge on any atom is 0.320 e. The molecule has 2 rings (SSSR count). The summed E-state index contributed by atoms with van der Waals surface area (Å²) in [5.41, 5.74) is 6.17. The van der Waals surface area contributed by atoms with Crippen LogP contribution in [0.2, 0.25) is 0 Å². The standard InChI is InChI=1S/C12H13N3O4/c13-8(12(18)19)3-7-4-9(11(17)5-10(7)16)15-2-1-14-6-15/h1-2,4-6,8,16-17H,3,13H2,(H,18,19)/t8-/m0/s1. The van der Waals surface area contributed by atoms with Gasteiger partial charge in [-0.3, -0.25) is 4.79 Å². The first-order valence-electron chi connectivity index (χ1n) is 5.50. The van der Waals surface area contributed by atoms with Crippen LogP contribution < -0.4 is 5.73 Å². The summed E-state index contributed by atoms with van der Waals surface area (Å²) < 4.78 is 1.55. The Morgan fingerprint density at radius 3 is 2.68 bits per heavy atom. The second-order valence-corrected chi connectivity index (χ2v) is 4.09. The number of rotatable bonds is 4. The maximum atomic E-state index is 10.7. The van der Waals surface area contributed by atoms with E-state index in [1.807, 2.05) is 0 Å². The van der Waals surface area contributed by atoms with E-state index in [1.54, 1.807) is 10.8 Å². The predicted octanol–water partition coefficient (Wildman–Crippen LogP) is 0.238. The molecule has 0 aliphatic rings. The molecule has 1 aromatic carbocycles. The van der Waals surface area contributed by atoms with Crippen molar-refractivity contribution in [2.24, 2.45) is 5.73 Å². The van der Waals surface area contributed by atoms with E-state index in [1.165, 1.54) is 18.6 Å². The number of nitrogens with two attached hydrogens (primary N) is 1. The zero-order chi connectivity index (χ0) is 14.0. The number of carboxylic acid groups (broad SMARTS) is 1. The molecule has 7 nitrogen and oxygen atoms in total. The van der Waals surface area contributed by atoms with Gasteiger partial charge in [-0.05, 0) is 11.6 Å². The Balaban J connectivity index is 2.40. The van der Waals surface area contributed by atoms with Crippen LogP contribution in [0.15, 0.2) is 30.9 Å². The van der Waals surface area contributed by atoms with Gasteiger partial charge in [-0.15, -0.1) is 0 Å². The van der Waals surface area contributed by atoms with Gasteiger partial charge in [0.25, 0.3) is 0 Å². The summed E-state index contributed by atoms with van der Waals surface area (Å²) in [5.74, 6) is -1.49. The molecule has 0 unspecified atom stereocenters. The number of benzene rings is 1. The number of phenolic OH excluding ortho intramolecular Hbond substituents is 2. The van der Waals surface area contributed by atoms with E-state index >= 15 is 0 Å². The lowest BCUT2D eigenvalue weighted by Gasteiger charge is -2.12. The molecule has 0 fully saturated rings. The molecule has 2 aromatic rings. The van der Waals surface area contributed by atoms with E-state index in [2.05, 4.69) is 4.98 Å². The van der Waals surface area contributed by atoms with E-state index in [9.17, 15) is 15.0 Å². The van der Waals surface area contributed by atoms with Gasteiger partial charge in [-0.1, -0.05) is 0 Å². The SMILES string of the molecule is N[C@@H](Cc1cc(-n2ccnc2)c(O)cc1O)C(=O)O. The van der Waals surface area contributed by atoms with Gasteiger partial charge in [0.2, 0.25) is 0 Å². The summed E-state index contributed by atoms with van der Waals surface area (Å²) in [6.45, 7) is 0. The number of hydrogen-bond donors (Lipinski definition) is 4. The Labute approximate surface area is 108 Å². The number of nitrogens with zero attached hydrogens (tertiary/aromatic N) is 2. The molecular formula is C12H13N3O4. The molecule has 0 spiro atoms. The molecule has 1 aromatic heterocycles. The molecule has 100 valence electrons. The van der Waals surface area contributed by atoms with Crippen LogP contribution in [0.3, 0.4) is 0 Å². The van der Waals surface area contributed by atoms with Gasteiger partial charge in [-0.2, -0.15) is 0 Å². The number of carbonyl (C=O) groups is 1. The van der Waals surface area contributed by atoms with Crippen molar-refractivity contribution < 1.29 is 20.1 Å². The van der Waals surface area contributed by atoms with Crippen molar-refractivity contribution in [3.05, 3.63) is 36.4 Å². The highest BCUT2D eigenvalue weighted by Gasteiger charge is 2.17. The van der Waals surface area contributed by atoms with Gasteiger partial charge in [0.1, 0.15) is 17.5 Å². The fourth-order valence-corrected chi connectivity index (χ4v) is 1.71. The van der Waals surface area contributed by atoms with Crippen LogP contribution in [0.25, 0.3) is 5.69 Å². The van der Waals surface area contributed by atoms with Gasteiger partial charge in [-0.25, -0.2) is 4.98 Å². The number of aromatic nitrogens is 2. The minimum absolute atomic E-state index is 0.0385. The minimum atomic E-state index is -1.16. The van der Waals surface area contributed by atoms with E-state index < -0.39 is 12.0 Å². The Bertz CT molecular complexity index is 595. The molecule has 1 heterocycles. The Kier molecular flexibility index (Phi) is 3.39. The average molecular weight is 263 g/mol. The largest absolute Gasteiger partial charge is 0.508 e. The first kappa shape index (κ1) is 12.9. The van der Waals surface area contributed by atoms with Gasteiger partial charge in [0.05, 0.1) is 12.0 Å². The summed E-state index contributed by atoms with van der Waals surface area (Å²) in [5, 5.41) is 28.3. The highest BCUT2D eigenvalue weighted by Crippen LogP contribution is 2.30. The van der Waals surface area contributed by atoms with E-state index in [0.717, 1.165) is 6.07 Å². The first-order chi connectivity index (χ1) is 8.99. The van der Waals surface area contributed by atoms with Gasteiger partial charge in [0, 0.05) is 24.9 Å². The molecule has 0 radical (unpaired) electrons. The molecule has 19 heavy (non-hydrogen) atoms. The molecular weight excluding hydrogens is 250 g/mol. The summed E-state index contributed by atoms with van der Waals surface area (Å²) in [6, 6.07) is 1.51. The Morgan fingerprint density at radius 1 is 1.37 bits per heavy atom. The van der Waals surface area contributed by atoms with Crippen LogP contribution in [-0.2, 0) is 11.2 Å². The quantitative estimate of drug-likeness (QED) is 0.626. The Morgan fingerprint density at radius 2 is 2.11 bits per heavy atom. The number of hydrogen-bond acceptors (Lipinski definition) is 5. The summed E-state index contributed by atoms with van der Waals surface area (Å²) in [7, 11) is 0. The normalized spacial score (nSPS) is 12.3. The fourth-order valence-electron chi connectivity index (χ4n) is 1.71. The van der Waals surface area contributed by atoms with Crippen molar-refractivity contribution in [3.63, 3.8) is 0 Å². The van der Waals surface area contributed by atoms with Crippen molar-refractivity contribution in [2.45, 2.75) is 12.5 Å². The first-order valence-corrected chi connectivity index (χ1v) is 5.50. The second-order valence-electron chi connectivity index (χ2n) is 4.09. The van der Waals surface area contributed by atoms with E-state index in [-0.39, 0.29) is 17.9 Å². The van der Waals surface area contributed by atoms with Crippen molar-refractivity contribution in [1.29, 1.82) is 0 Å². The Hall–Kier alpha value is -2.54. The monoisotopic (exact) mass is 263 g/mol. The summed E-state index contributed by atoms with van der Waals surface area (Å²) in [6.07, 6.45) is 4.60. The smallest absolute Gasteiger partial charge is 0.320 e. The fraction of sp³-hybridized carbons (Fsp3) is 0.167. The van der Waals surface area contributed by atoms with Crippen molar-refractivity contribution in [2.75, 3.05) is 0 Å². The summed E-state index contributed by atoms with van der Waals surface area (Å²) in [4.78, 5) is 14.6. The number of carboxylic acids is 1. The lowest BCUT2D eigenvalue weighted by molar-refractivity contribution is -0.138. The maximum absolute atomic E-state index is 10.7. The molecule has 0 bridgehead atoms. The number of imidazole rings is 1. The van der Waals surface area contributed by atoms with Crippen molar-refractivity contribution in [3.8, 4) is 17.2 Å². The van der Waals surface area contributed by atoms with Crippen molar-refractivity contribution in [1.82, 2.24) is 9.55 Å². The molecule has 7 heteroatoms. The van der Waals surface area contributed by atoms with Crippen LogP contribution in [0.1, 0.15) is 5.56 Å². The second kappa shape index (κ2) is 4.99. The third-order valence-electron chi connectivity index (χ3n) is 2.72. The van der Waals surface area contributed by atoms with Crippen LogP contribution in [0.4, 0.5) is 0 Å². The molecule has 0 saturated heterocycles. The third kappa shape index (κ3) is 2.66. The summed E-state index contributed by atoms with van der Waals surface area (Å²) >= 11 is 0. The molecule has 1 atom stereocenters. The number of aromatic hydroxyl groups is 2. The van der Waals surface area contributed by atoms with Crippen molar-refractivity contribution >= 4 is 5.97 Å². The molecule has 5 N–H and O–H groups in total. The van der Waals surface area contributed by atoms with Gasteiger partial charge >= 0.3 is 5.97 Å². The highest BCUT2D eigenvalue weighted by atomic mass is 16.4. The number of aliphatic carboxylic acids is 1. The van der Waals surface area contributed by atoms with E-state index in [0.29, 0.717) is 11.3 Å². The third-order valence-corrected chi connectivity index (χ3v) is 2.72. The minimum Gasteiger partial charge on any atom is -0.508 e. The van der Waals surface area contributed by atoms with Crippen LogP contribution in [0.5, 0.6) is 11.5 Å². The predicted molar refractivity (Wildman–Crippen MR) is 66.2 cm³/mol.